The van der Waals surface area contributed by atoms with Gasteiger partial charge in [-0.25, -0.2) is 4.98 Å². The van der Waals surface area contributed by atoms with Gasteiger partial charge in [-0.3, -0.25) is 9.55 Å². The van der Waals surface area contributed by atoms with Gasteiger partial charge in [0.1, 0.15) is 11.6 Å². The molecular weight excluding hydrogens is 719 g/mol. The lowest BCUT2D eigenvalue weighted by atomic mass is 9.84. The van der Waals surface area contributed by atoms with Crippen LogP contribution in [0.5, 0.6) is 5.75 Å². The van der Waals surface area contributed by atoms with Gasteiger partial charge in [0.25, 0.3) is 0 Å². The molecule has 9 aromatic rings. The van der Waals surface area contributed by atoms with E-state index in [0.717, 1.165) is 66.8 Å². The second kappa shape index (κ2) is 15.0. The standard InChI is InChI=1S/C55H47N3O/c1-35-20-23-39(24-21-35)41-26-27-56-49(33-41)44-31-42(38-14-9-7-10-15-38)30-43(32-44)46-18-13-19-51-52(46)57-54(48-34-45(55(4,5)6)29-37(3)53(48)59)58(51)50-25-22-36(2)28-47(50)40-16-11-8-12-17-40/h7-34,59H,1-6H3/i1D3,2D3. The zero-order chi connectivity index (χ0) is 45.8. The number of fused-ring (bicyclic) bond motifs is 1. The number of nitrogens with zero attached hydrogens (tertiary/aromatic N) is 3. The normalized spacial score (nSPS) is 13.6. The fourth-order valence-electron chi connectivity index (χ4n) is 7.88. The number of hydrogen-bond acceptors (Lipinski definition) is 3. The molecule has 0 spiro atoms. The number of imidazole rings is 1. The summed E-state index contributed by atoms with van der Waals surface area (Å²) < 4.78 is 50.6. The zero-order valence-electron chi connectivity index (χ0n) is 39.5. The predicted octanol–water partition coefficient (Wildman–Crippen LogP) is 14.4. The van der Waals surface area contributed by atoms with Gasteiger partial charge < -0.3 is 5.11 Å². The molecule has 2 aromatic heterocycles. The minimum Gasteiger partial charge on any atom is -0.507 e. The molecule has 0 atom stereocenters. The molecule has 0 saturated carbocycles. The minimum absolute atomic E-state index is 0.115. The highest BCUT2D eigenvalue weighted by atomic mass is 16.3. The summed E-state index contributed by atoms with van der Waals surface area (Å²) in [6.07, 6.45) is 1.77. The molecule has 7 aromatic carbocycles. The number of pyridine rings is 1. The summed E-state index contributed by atoms with van der Waals surface area (Å²) in [4.78, 5) is 10.3. The number of aromatic nitrogens is 3. The molecule has 2 heterocycles. The molecule has 0 saturated heterocycles. The van der Waals surface area contributed by atoms with Crippen molar-refractivity contribution in [2.24, 2.45) is 0 Å². The van der Waals surface area contributed by atoms with E-state index in [1.165, 1.54) is 0 Å². The summed E-state index contributed by atoms with van der Waals surface area (Å²) in [6, 6.07) is 52.6. The second-order valence-electron chi connectivity index (χ2n) is 16.2. The summed E-state index contributed by atoms with van der Waals surface area (Å²) >= 11 is 0. The molecule has 0 aliphatic heterocycles. The molecule has 0 fully saturated rings. The van der Waals surface area contributed by atoms with Crippen molar-refractivity contribution in [1.82, 2.24) is 14.5 Å². The highest BCUT2D eigenvalue weighted by Crippen LogP contribution is 2.43. The van der Waals surface area contributed by atoms with Crippen molar-refractivity contribution in [2.75, 3.05) is 0 Å². The maximum atomic E-state index is 12.0. The molecule has 0 unspecified atom stereocenters. The Hall–Kier alpha value is -7.04. The topological polar surface area (TPSA) is 50.9 Å². The van der Waals surface area contributed by atoms with Crippen molar-refractivity contribution in [3.8, 4) is 78.6 Å². The summed E-state index contributed by atoms with van der Waals surface area (Å²) in [6.45, 7) is 3.79. The van der Waals surface area contributed by atoms with E-state index in [0.29, 0.717) is 28.2 Å². The van der Waals surface area contributed by atoms with E-state index in [2.05, 4.69) is 61.7 Å². The van der Waals surface area contributed by atoms with Crippen LogP contribution in [0.4, 0.5) is 0 Å². The van der Waals surface area contributed by atoms with Gasteiger partial charge in [0, 0.05) is 31.1 Å². The molecule has 0 radical (unpaired) electrons. The third-order valence-electron chi connectivity index (χ3n) is 11.0. The molecule has 288 valence electrons. The molecule has 9 rings (SSSR count). The molecule has 0 aliphatic rings. The van der Waals surface area contributed by atoms with E-state index >= 15 is 0 Å². The SMILES string of the molecule is [2H]C([2H])([2H])c1ccc(-c2ccnc(-c3cc(-c4ccccc4)cc(-c4cccc5c4nc(-c4cc(C(C)(C)C)cc(C)c4O)n5-c4ccc(C([2H])([2H])[2H])cc4-c4ccccc4)c3)c2)cc1. The Bertz CT molecular complexity index is 3220. The van der Waals surface area contributed by atoms with Gasteiger partial charge in [0.05, 0.1) is 28.0 Å². The van der Waals surface area contributed by atoms with Crippen molar-refractivity contribution in [1.29, 1.82) is 0 Å². The van der Waals surface area contributed by atoms with Crippen molar-refractivity contribution >= 4 is 11.0 Å². The van der Waals surface area contributed by atoms with Crippen LogP contribution in [0.3, 0.4) is 0 Å². The van der Waals surface area contributed by atoms with Crippen LogP contribution in [0.25, 0.3) is 83.9 Å². The monoisotopic (exact) mass is 771 g/mol. The van der Waals surface area contributed by atoms with E-state index in [4.69, 9.17) is 18.2 Å². The number of aryl methyl sites for hydroxylation is 3. The first-order valence-corrected chi connectivity index (χ1v) is 19.8. The zero-order valence-corrected chi connectivity index (χ0v) is 33.5. The van der Waals surface area contributed by atoms with Crippen LogP contribution in [0.2, 0.25) is 0 Å². The molecule has 4 heteroatoms. The Morgan fingerprint density at radius 1 is 0.542 bits per heavy atom. The first kappa shape index (κ1) is 31.0. The second-order valence-corrected chi connectivity index (χ2v) is 16.2. The summed E-state index contributed by atoms with van der Waals surface area (Å²) in [5.74, 6) is 0.625. The molecule has 0 aliphatic carbocycles. The van der Waals surface area contributed by atoms with Crippen LogP contribution in [-0.2, 0) is 5.41 Å². The molecule has 0 amide bonds. The lowest BCUT2D eigenvalue weighted by molar-refractivity contribution is 0.471. The van der Waals surface area contributed by atoms with Gasteiger partial charge in [-0.1, -0.05) is 141 Å². The Morgan fingerprint density at radius 3 is 1.95 bits per heavy atom. The highest BCUT2D eigenvalue weighted by molar-refractivity contribution is 5.98. The van der Waals surface area contributed by atoms with Gasteiger partial charge in [-0.2, -0.15) is 0 Å². The van der Waals surface area contributed by atoms with Crippen LogP contribution >= 0.6 is 0 Å². The number of benzene rings is 7. The largest absolute Gasteiger partial charge is 0.507 e. The van der Waals surface area contributed by atoms with E-state index in [-0.39, 0.29) is 22.3 Å². The summed E-state index contributed by atoms with van der Waals surface area (Å²) in [7, 11) is 0. The van der Waals surface area contributed by atoms with Crippen LogP contribution in [0.1, 0.15) is 51.2 Å². The quantitative estimate of drug-likeness (QED) is 0.176. The number of phenolic OH excluding ortho intramolecular Hbond substituents is 1. The smallest absolute Gasteiger partial charge is 0.149 e. The van der Waals surface area contributed by atoms with Crippen molar-refractivity contribution in [3.63, 3.8) is 0 Å². The van der Waals surface area contributed by atoms with Gasteiger partial charge >= 0.3 is 0 Å². The van der Waals surface area contributed by atoms with Crippen LogP contribution < -0.4 is 0 Å². The fraction of sp³-hybridized carbons (Fsp3) is 0.127. The van der Waals surface area contributed by atoms with E-state index in [1.54, 1.807) is 30.5 Å². The summed E-state index contributed by atoms with van der Waals surface area (Å²) in [5.41, 5.74) is 13.4. The average Bonchev–Trinajstić information content (AvgIpc) is 3.68. The van der Waals surface area contributed by atoms with Gasteiger partial charge in [-0.15, -0.1) is 0 Å². The first-order valence-electron chi connectivity index (χ1n) is 22.8. The maximum Gasteiger partial charge on any atom is 0.149 e. The lowest BCUT2D eigenvalue weighted by Gasteiger charge is -2.22. The lowest BCUT2D eigenvalue weighted by Crippen LogP contribution is -2.12. The fourth-order valence-corrected chi connectivity index (χ4v) is 7.88. The van der Waals surface area contributed by atoms with Crippen LogP contribution in [0, 0.1) is 20.6 Å². The van der Waals surface area contributed by atoms with Crippen molar-refractivity contribution in [2.45, 2.75) is 46.8 Å². The molecule has 59 heavy (non-hydrogen) atoms. The average molecular weight is 772 g/mol. The van der Waals surface area contributed by atoms with Crippen LogP contribution in [0.15, 0.2) is 170 Å². The van der Waals surface area contributed by atoms with Crippen molar-refractivity contribution in [3.05, 3.63) is 192 Å². The van der Waals surface area contributed by atoms with Crippen molar-refractivity contribution < 1.29 is 13.3 Å². The number of aromatic hydroxyl groups is 1. The first-order chi connectivity index (χ1) is 30.9. The van der Waals surface area contributed by atoms with E-state index in [1.807, 2.05) is 110 Å². The van der Waals surface area contributed by atoms with Crippen LogP contribution in [-0.4, -0.2) is 19.6 Å². The third kappa shape index (κ3) is 7.23. The number of phenols is 1. The van der Waals surface area contributed by atoms with E-state index in [9.17, 15) is 5.11 Å². The predicted molar refractivity (Wildman–Crippen MR) is 246 cm³/mol. The third-order valence-corrected chi connectivity index (χ3v) is 11.0. The Morgan fingerprint density at radius 2 is 1.22 bits per heavy atom. The Kier molecular flexibility index (Phi) is 7.91. The number of hydrogen-bond donors (Lipinski definition) is 1. The molecule has 4 nitrogen and oxygen atoms in total. The highest BCUT2D eigenvalue weighted by Gasteiger charge is 2.25. The number of rotatable bonds is 7. The molecule has 0 bridgehead atoms. The maximum absolute atomic E-state index is 12.0. The summed E-state index contributed by atoms with van der Waals surface area (Å²) in [5, 5.41) is 12.0. The minimum atomic E-state index is -2.34. The number of para-hydroxylation sites is 1. The van der Waals surface area contributed by atoms with Gasteiger partial charge in [0.2, 0.25) is 0 Å². The molecule has 1 N–H and O–H groups in total. The van der Waals surface area contributed by atoms with Gasteiger partial charge in [0.15, 0.2) is 0 Å². The van der Waals surface area contributed by atoms with E-state index < -0.39 is 13.7 Å². The van der Waals surface area contributed by atoms with Gasteiger partial charge in [-0.05, 0) is 125 Å². The Labute approximate surface area is 355 Å². The Balaban J connectivity index is 1.31. The molecular formula is C55H47N3O.